The minimum absolute atomic E-state index is 0.338. The number of esters is 1. The quantitative estimate of drug-likeness (QED) is 0.570. The number of rotatable bonds is 7. The van der Waals surface area contributed by atoms with Crippen molar-refractivity contribution in [3.8, 4) is 5.75 Å². The molecule has 0 aliphatic heterocycles. The molecule has 0 bridgehead atoms. The SMILES string of the molecule is CN(C)C(=O)[C@@H](OC(=O)COc1ccc(C=O)cc1)c1ccccc1. The van der Waals surface area contributed by atoms with Crippen LogP contribution in [0.5, 0.6) is 5.75 Å². The van der Waals surface area contributed by atoms with Gasteiger partial charge in [0.2, 0.25) is 6.10 Å². The van der Waals surface area contributed by atoms with E-state index in [1.165, 1.54) is 4.90 Å². The summed E-state index contributed by atoms with van der Waals surface area (Å²) in [7, 11) is 3.19. The molecule has 0 heterocycles. The van der Waals surface area contributed by atoms with Crippen LogP contribution in [-0.2, 0) is 14.3 Å². The van der Waals surface area contributed by atoms with Gasteiger partial charge in [-0.2, -0.15) is 0 Å². The third-order valence-corrected chi connectivity index (χ3v) is 3.39. The Bertz CT molecular complexity index is 725. The van der Waals surface area contributed by atoms with E-state index in [-0.39, 0.29) is 12.5 Å². The smallest absolute Gasteiger partial charge is 0.345 e. The van der Waals surface area contributed by atoms with Gasteiger partial charge in [0.1, 0.15) is 12.0 Å². The van der Waals surface area contributed by atoms with Crippen LogP contribution in [0, 0.1) is 0 Å². The van der Waals surface area contributed by atoms with E-state index in [0.717, 1.165) is 6.29 Å². The Morgan fingerprint density at radius 3 is 2.24 bits per heavy atom. The molecule has 0 N–H and O–H groups in total. The fourth-order valence-corrected chi connectivity index (χ4v) is 2.07. The second-order valence-corrected chi connectivity index (χ2v) is 5.49. The van der Waals surface area contributed by atoms with Crippen LogP contribution in [0.1, 0.15) is 22.0 Å². The van der Waals surface area contributed by atoms with Crippen LogP contribution in [-0.4, -0.2) is 43.8 Å². The predicted octanol–water partition coefficient (Wildman–Crippen LogP) is 2.25. The molecule has 130 valence electrons. The lowest BCUT2D eigenvalue weighted by Crippen LogP contribution is -2.32. The second kappa shape index (κ2) is 8.63. The summed E-state index contributed by atoms with van der Waals surface area (Å²) >= 11 is 0. The van der Waals surface area contributed by atoms with Crippen LogP contribution in [0.4, 0.5) is 0 Å². The van der Waals surface area contributed by atoms with Gasteiger partial charge in [0, 0.05) is 25.2 Å². The van der Waals surface area contributed by atoms with Gasteiger partial charge in [0.15, 0.2) is 6.61 Å². The van der Waals surface area contributed by atoms with Crippen LogP contribution in [0.25, 0.3) is 0 Å². The zero-order valence-electron chi connectivity index (χ0n) is 14.0. The number of ether oxygens (including phenoxy) is 2. The minimum atomic E-state index is -1.02. The van der Waals surface area contributed by atoms with Crippen LogP contribution >= 0.6 is 0 Å². The molecule has 6 heteroatoms. The Morgan fingerprint density at radius 1 is 1.04 bits per heavy atom. The Labute approximate surface area is 146 Å². The van der Waals surface area contributed by atoms with Crippen molar-refractivity contribution in [3.05, 3.63) is 65.7 Å². The molecule has 2 aromatic carbocycles. The molecule has 0 spiro atoms. The van der Waals surface area contributed by atoms with Gasteiger partial charge in [-0.05, 0) is 24.3 Å². The van der Waals surface area contributed by atoms with Gasteiger partial charge in [0.25, 0.3) is 5.91 Å². The van der Waals surface area contributed by atoms with Crippen molar-refractivity contribution in [2.24, 2.45) is 0 Å². The third kappa shape index (κ3) is 5.17. The lowest BCUT2D eigenvalue weighted by molar-refractivity contribution is -0.161. The molecular weight excluding hydrogens is 322 g/mol. The van der Waals surface area contributed by atoms with E-state index in [4.69, 9.17) is 9.47 Å². The standard InChI is InChI=1S/C19H19NO5/c1-20(2)19(23)18(15-6-4-3-5-7-15)25-17(22)13-24-16-10-8-14(12-21)9-11-16/h3-12,18H,13H2,1-2H3/t18-/m0/s1. The average molecular weight is 341 g/mol. The average Bonchev–Trinajstić information content (AvgIpc) is 2.65. The molecule has 0 fully saturated rings. The van der Waals surface area contributed by atoms with Crippen molar-refractivity contribution in [2.45, 2.75) is 6.10 Å². The van der Waals surface area contributed by atoms with Crippen molar-refractivity contribution >= 4 is 18.2 Å². The Balaban J connectivity index is 2.01. The van der Waals surface area contributed by atoms with Crippen LogP contribution in [0.3, 0.4) is 0 Å². The van der Waals surface area contributed by atoms with Crippen molar-refractivity contribution in [3.63, 3.8) is 0 Å². The number of carbonyl (C=O) groups excluding carboxylic acids is 3. The fraction of sp³-hybridized carbons (Fsp3) is 0.211. The summed E-state index contributed by atoms with van der Waals surface area (Å²) in [6, 6.07) is 15.1. The first-order chi connectivity index (χ1) is 12.0. The summed E-state index contributed by atoms with van der Waals surface area (Å²) in [5, 5.41) is 0. The summed E-state index contributed by atoms with van der Waals surface area (Å²) in [6.45, 7) is -0.343. The third-order valence-electron chi connectivity index (χ3n) is 3.39. The molecule has 2 rings (SSSR count). The van der Waals surface area contributed by atoms with Crippen LogP contribution in [0.2, 0.25) is 0 Å². The molecule has 0 aliphatic rings. The molecule has 0 saturated heterocycles. The van der Waals surface area contributed by atoms with Gasteiger partial charge >= 0.3 is 5.97 Å². The van der Waals surface area contributed by atoms with Crippen LogP contribution in [0.15, 0.2) is 54.6 Å². The topological polar surface area (TPSA) is 72.9 Å². The fourth-order valence-electron chi connectivity index (χ4n) is 2.07. The van der Waals surface area contributed by atoms with Crippen LogP contribution < -0.4 is 4.74 Å². The monoisotopic (exact) mass is 341 g/mol. The molecular formula is C19H19NO5. The number of aldehydes is 1. The zero-order valence-corrected chi connectivity index (χ0v) is 14.0. The van der Waals surface area contributed by atoms with Gasteiger partial charge in [-0.15, -0.1) is 0 Å². The van der Waals surface area contributed by atoms with E-state index in [1.54, 1.807) is 62.6 Å². The number of hydrogen-bond donors (Lipinski definition) is 0. The van der Waals surface area contributed by atoms with Crippen molar-refractivity contribution in [2.75, 3.05) is 20.7 Å². The first-order valence-electron chi connectivity index (χ1n) is 7.65. The van der Waals surface area contributed by atoms with E-state index >= 15 is 0 Å². The molecule has 25 heavy (non-hydrogen) atoms. The second-order valence-electron chi connectivity index (χ2n) is 5.49. The molecule has 0 aromatic heterocycles. The summed E-state index contributed by atoms with van der Waals surface area (Å²) in [4.78, 5) is 36.3. The molecule has 1 atom stereocenters. The van der Waals surface area contributed by atoms with Crippen molar-refractivity contribution in [1.82, 2.24) is 4.90 Å². The molecule has 0 aliphatic carbocycles. The van der Waals surface area contributed by atoms with E-state index in [1.807, 2.05) is 6.07 Å². The number of benzene rings is 2. The van der Waals surface area contributed by atoms with E-state index in [9.17, 15) is 14.4 Å². The number of amides is 1. The van der Waals surface area contributed by atoms with Crippen molar-refractivity contribution in [1.29, 1.82) is 0 Å². The Morgan fingerprint density at radius 2 is 1.68 bits per heavy atom. The molecule has 2 aromatic rings. The summed E-state index contributed by atoms with van der Waals surface area (Å²) in [6.07, 6.45) is -0.306. The number of carbonyl (C=O) groups is 3. The highest BCUT2D eigenvalue weighted by molar-refractivity contribution is 5.85. The van der Waals surface area contributed by atoms with Gasteiger partial charge < -0.3 is 14.4 Å². The summed E-state index contributed by atoms with van der Waals surface area (Å²) < 4.78 is 10.6. The number of hydrogen-bond acceptors (Lipinski definition) is 5. The van der Waals surface area contributed by atoms with Gasteiger partial charge in [0.05, 0.1) is 0 Å². The maximum Gasteiger partial charge on any atom is 0.345 e. The van der Waals surface area contributed by atoms with Crippen molar-refractivity contribution < 1.29 is 23.9 Å². The highest BCUT2D eigenvalue weighted by atomic mass is 16.6. The summed E-state index contributed by atoms with van der Waals surface area (Å²) in [5.41, 5.74) is 1.10. The minimum Gasteiger partial charge on any atom is -0.482 e. The van der Waals surface area contributed by atoms with Gasteiger partial charge in [-0.1, -0.05) is 30.3 Å². The first-order valence-corrected chi connectivity index (χ1v) is 7.65. The van der Waals surface area contributed by atoms with Gasteiger partial charge in [-0.3, -0.25) is 9.59 Å². The lowest BCUT2D eigenvalue weighted by Gasteiger charge is -2.21. The number of nitrogens with zero attached hydrogens (tertiary/aromatic N) is 1. The largest absolute Gasteiger partial charge is 0.482 e. The van der Waals surface area contributed by atoms with E-state index in [0.29, 0.717) is 16.9 Å². The zero-order chi connectivity index (χ0) is 18.2. The highest BCUT2D eigenvalue weighted by Gasteiger charge is 2.26. The molecule has 0 saturated carbocycles. The molecule has 1 amide bonds. The normalized spacial score (nSPS) is 11.3. The maximum absolute atomic E-state index is 12.3. The maximum atomic E-state index is 12.3. The number of likely N-dealkylation sites (N-methyl/N-ethyl adjacent to an activating group) is 1. The first kappa shape index (κ1) is 18.2. The predicted molar refractivity (Wildman–Crippen MR) is 91.3 cm³/mol. The van der Waals surface area contributed by atoms with E-state index < -0.39 is 12.1 Å². The van der Waals surface area contributed by atoms with E-state index in [2.05, 4.69) is 0 Å². The Hall–Kier alpha value is -3.15. The molecule has 0 radical (unpaired) electrons. The highest BCUT2D eigenvalue weighted by Crippen LogP contribution is 2.20. The Kier molecular flexibility index (Phi) is 6.28. The molecule has 0 unspecified atom stereocenters. The van der Waals surface area contributed by atoms with Gasteiger partial charge in [-0.25, -0.2) is 4.79 Å². The lowest BCUT2D eigenvalue weighted by atomic mass is 10.1. The summed E-state index contributed by atoms with van der Waals surface area (Å²) in [5.74, 6) is -0.573. The molecule has 6 nitrogen and oxygen atoms in total.